The summed E-state index contributed by atoms with van der Waals surface area (Å²) >= 11 is 0. The number of carbonyl (C=O) groups is 3. The molecule has 0 bridgehead atoms. The summed E-state index contributed by atoms with van der Waals surface area (Å²) in [5, 5.41) is 2.38. The van der Waals surface area contributed by atoms with Crippen molar-refractivity contribution in [2.75, 3.05) is 27.2 Å². The Morgan fingerprint density at radius 3 is 2.38 bits per heavy atom. The molecule has 0 radical (unpaired) electrons. The number of nitrogens with zero attached hydrogens (tertiary/aromatic N) is 1. The standard InChI is InChI=1S/C15H20N2O4/c1-10-5-6-12(7-11(10)2)15(20)21-9-13(18)16-8-14(19)17(3)4/h5-7H,8-9H2,1-4H3,(H,16,18). The Kier molecular flexibility index (Phi) is 5.90. The maximum absolute atomic E-state index is 11.8. The molecule has 0 unspecified atom stereocenters. The largest absolute Gasteiger partial charge is 0.452 e. The van der Waals surface area contributed by atoms with E-state index < -0.39 is 18.5 Å². The molecule has 0 spiro atoms. The number of esters is 1. The molecule has 6 heteroatoms. The molecule has 0 aliphatic heterocycles. The number of benzene rings is 1. The molecule has 6 nitrogen and oxygen atoms in total. The van der Waals surface area contributed by atoms with E-state index in [9.17, 15) is 14.4 Å². The number of hydrogen-bond acceptors (Lipinski definition) is 4. The third-order valence-corrected chi connectivity index (χ3v) is 3.01. The number of aryl methyl sites for hydroxylation is 2. The molecule has 1 rings (SSSR count). The zero-order valence-electron chi connectivity index (χ0n) is 12.7. The van der Waals surface area contributed by atoms with E-state index in [1.807, 2.05) is 19.9 Å². The second-order valence-corrected chi connectivity index (χ2v) is 4.94. The van der Waals surface area contributed by atoms with Crippen LogP contribution in [0, 0.1) is 13.8 Å². The van der Waals surface area contributed by atoms with Gasteiger partial charge in [-0.1, -0.05) is 6.07 Å². The lowest BCUT2D eigenvalue weighted by Gasteiger charge is -2.11. The first kappa shape index (κ1) is 16.7. The highest BCUT2D eigenvalue weighted by Crippen LogP contribution is 2.10. The van der Waals surface area contributed by atoms with Crippen LogP contribution in [0.2, 0.25) is 0 Å². The average molecular weight is 292 g/mol. The van der Waals surface area contributed by atoms with Crippen LogP contribution >= 0.6 is 0 Å². The van der Waals surface area contributed by atoms with Crippen LogP contribution in [-0.2, 0) is 14.3 Å². The summed E-state index contributed by atoms with van der Waals surface area (Å²) in [4.78, 5) is 35.9. The number of amides is 2. The quantitative estimate of drug-likeness (QED) is 0.809. The van der Waals surface area contributed by atoms with Gasteiger partial charge in [-0.15, -0.1) is 0 Å². The minimum atomic E-state index is -0.563. The first-order chi connectivity index (χ1) is 9.81. The van der Waals surface area contributed by atoms with Crippen molar-refractivity contribution in [1.82, 2.24) is 10.2 Å². The van der Waals surface area contributed by atoms with E-state index >= 15 is 0 Å². The van der Waals surface area contributed by atoms with E-state index in [0.29, 0.717) is 5.56 Å². The van der Waals surface area contributed by atoms with E-state index in [4.69, 9.17) is 4.74 Å². The van der Waals surface area contributed by atoms with Crippen molar-refractivity contribution in [3.8, 4) is 0 Å². The van der Waals surface area contributed by atoms with Gasteiger partial charge in [-0.05, 0) is 37.1 Å². The highest BCUT2D eigenvalue weighted by molar-refractivity contribution is 5.92. The molecular formula is C15H20N2O4. The van der Waals surface area contributed by atoms with Gasteiger partial charge in [0.1, 0.15) is 0 Å². The molecule has 21 heavy (non-hydrogen) atoms. The van der Waals surface area contributed by atoms with Gasteiger partial charge in [-0.25, -0.2) is 4.79 Å². The summed E-state index contributed by atoms with van der Waals surface area (Å²) in [6, 6.07) is 5.19. The van der Waals surface area contributed by atoms with E-state index in [2.05, 4.69) is 5.32 Å². The zero-order valence-corrected chi connectivity index (χ0v) is 12.7. The van der Waals surface area contributed by atoms with Gasteiger partial charge in [-0.3, -0.25) is 9.59 Å². The number of rotatable bonds is 5. The van der Waals surface area contributed by atoms with Gasteiger partial charge in [0, 0.05) is 14.1 Å². The van der Waals surface area contributed by atoms with Crippen LogP contribution in [0.15, 0.2) is 18.2 Å². The molecule has 1 aromatic rings. The Morgan fingerprint density at radius 2 is 1.81 bits per heavy atom. The predicted molar refractivity (Wildman–Crippen MR) is 77.9 cm³/mol. The van der Waals surface area contributed by atoms with Gasteiger partial charge < -0.3 is 15.0 Å². The summed E-state index contributed by atoms with van der Waals surface area (Å²) < 4.78 is 4.90. The highest BCUT2D eigenvalue weighted by atomic mass is 16.5. The SMILES string of the molecule is Cc1ccc(C(=O)OCC(=O)NCC(=O)N(C)C)cc1C. The molecule has 2 amide bonds. The lowest BCUT2D eigenvalue weighted by atomic mass is 10.1. The Bertz CT molecular complexity index is 553. The van der Waals surface area contributed by atoms with Gasteiger partial charge in [0.05, 0.1) is 12.1 Å². The van der Waals surface area contributed by atoms with Crippen molar-refractivity contribution < 1.29 is 19.1 Å². The van der Waals surface area contributed by atoms with Gasteiger partial charge in [0.2, 0.25) is 5.91 Å². The molecule has 114 valence electrons. The maximum atomic E-state index is 11.8. The number of carbonyl (C=O) groups excluding carboxylic acids is 3. The average Bonchev–Trinajstić information content (AvgIpc) is 2.44. The number of ether oxygens (including phenoxy) is 1. The molecule has 0 saturated heterocycles. The highest BCUT2D eigenvalue weighted by Gasteiger charge is 2.12. The molecule has 1 aromatic carbocycles. The summed E-state index contributed by atoms with van der Waals surface area (Å²) in [7, 11) is 3.18. The van der Waals surface area contributed by atoms with E-state index in [0.717, 1.165) is 11.1 Å². The molecule has 0 fully saturated rings. The lowest BCUT2D eigenvalue weighted by molar-refractivity contribution is -0.131. The van der Waals surface area contributed by atoms with Crippen molar-refractivity contribution >= 4 is 17.8 Å². The Hall–Kier alpha value is -2.37. The van der Waals surface area contributed by atoms with E-state index in [1.54, 1.807) is 26.2 Å². The lowest BCUT2D eigenvalue weighted by Crippen LogP contribution is -2.38. The van der Waals surface area contributed by atoms with Crippen molar-refractivity contribution in [3.63, 3.8) is 0 Å². The van der Waals surface area contributed by atoms with Gasteiger partial charge in [-0.2, -0.15) is 0 Å². The fourth-order valence-corrected chi connectivity index (χ4v) is 1.47. The third kappa shape index (κ3) is 5.25. The topological polar surface area (TPSA) is 75.7 Å². The molecule has 0 saturated carbocycles. The summed E-state index contributed by atoms with van der Waals surface area (Å²) in [6.45, 7) is 3.31. The van der Waals surface area contributed by atoms with Gasteiger partial charge >= 0.3 is 5.97 Å². The summed E-state index contributed by atoms with van der Waals surface area (Å²) in [5.74, 6) is -1.31. The van der Waals surface area contributed by atoms with Crippen LogP contribution in [0.5, 0.6) is 0 Å². The fourth-order valence-electron chi connectivity index (χ4n) is 1.47. The van der Waals surface area contributed by atoms with Crippen molar-refractivity contribution in [2.45, 2.75) is 13.8 Å². The zero-order chi connectivity index (χ0) is 16.0. The molecule has 0 aliphatic rings. The van der Waals surface area contributed by atoms with Crippen LogP contribution in [-0.4, -0.2) is 49.9 Å². The Balaban J connectivity index is 2.44. The first-order valence-electron chi connectivity index (χ1n) is 6.52. The third-order valence-electron chi connectivity index (χ3n) is 3.01. The Morgan fingerprint density at radius 1 is 1.14 bits per heavy atom. The molecule has 0 atom stereocenters. The van der Waals surface area contributed by atoms with Crippen LogP contribution in [0.4, 0.5) is 0 Å². The fraction of sp³-hybridized carbons (Fsp3) is 0.400. The normalized spacial score (nSPS) is 9.90. The van der Waals surface area contributed by atoms with Crippen LogP contribution in [0.25, 0.3) is 0 Å². The van der Waals surface area contributed by atoms with Crippen LogP contribution < -0.4 is 5.32 Å². The molecule has 0 aromatic heterocycles. The molecular weight excluding hydrogens is 272 g/mol. The number of likely N-dealkylation sites (N-methyl/N-ethyl adjacent to an activating group) is 1. The summed E-state index contributed by atoms with van der Waals surface area (Å²) in [5.41, 5.74) is 2.45. The second kappa shape index (κ2) is 7.42. The number of hydrogen-bond donors (Lipinski definition) is 1. The smallest absolute Gasteiger partial charge is 0.338 e. The van der Waals surface area contributed by atoms with Crippen molar-refractivity contribution in [3.05, 3.63) is 34.9 Å². The Labute approximate surface area is 124 Å². The van der Waals surface area contributed by atoms with Gasteiger partial charge in [0.15, 0.2) is 6.61 Å². The summed E-state index contributed by atoms with van der Waals surface area (Å²) in [6.07, 6.45) is 0. The first-order valence-corrected chi connectivity index (χ1v) is 6.52. The molecule has 0 aliphatic carbocycles. The predicted octanol–water partition coefficient (Wildman–Crippen LogP) is 0.665. The van der Waals surface area contributed by atoms with Crippen LogP contribution in [0.3, 0.4) is 0 Å². The van der Waals surface area contributed by atoms with E-state index in [-0.39, 0.29) is 12.5 Å². The van der Waals surface area contributed by atoms with Gasteiger partial charge in [0.25, 0.3) is 5.91 Å². The minimum absolute atomic E-state index is 0.118. The van der Waals surface area contributed by atoms with Crippen molar-refractivity contribution in [1.29, 1.82) is 0 Å². The van der Waals surface area contributed by atoms with E-state index in [1.165, 1.54) is 4.90 Å². The molecule has 1 N–H and O–H groups in total. The minimum Gasteiger partial charge on any atom is -0.452 e. The molecule has 0 heterocycles. The van der Waals surface area contributed by atoms with Crippen LogP contribution in [0.1, 0.15) is 21.5 Å². The maximum Gasteiger partial charge on any atom is 0.338 e. The second-order valence-electron chi connectivity index (χ2n) is 4.94. The van der Waals surface area contributed by atoms with Crippen molar-refractivity contribution in [2.24, 2.45) is 0 Å². The number of nitrogens with one attached hydrogen (secondary N) is 1. The monoisotopic (exact) mass is 292 g/mol.